The van der Waals surface area contributed by atoms with Gasteiger partial charge < -0.3 is 19.9 Å². The van der Waals surface area contributed by atoms with Gasteiger partial charge in [-0.2, -0.15) is 5.26 Å². The Balaban J connectivity index is 2.05. The molecule has 0 aliphatic rings. The third-order valence-corrected chi connectivity index (χ3v) is 4.97. The zero-order valence-electron chi connectivity index (χ0n) is 18.0. The van der Waals surface area contributed by atoms with Crippen molar-refractivity contribution in [2.24, 2.45) is 5.73 Å². The van der Waals surface area contributed by atoms with Crippen LogP contribution in [-0.2, 0) is 4.79 Å². The third-order valence-electron chi connectivity index (χ3n) is 4.69. The minimum absolute atomic E-state index is 0.181. The monoisotopic (exact) mass is 442 g/mol. The zero-order chi connectivity index (χ0) is 22.8. The second-order valence-electron chi connectivity index (χ2n) is 6.87. The Kier molecular flexibility index (Phi) is 9.23. The van der Waals surface area contributed by atoms with Crippen LogP contribution in [0.25, 0.3) is 6.08 Å². The SMILES string of the molecule is CCOc1cc(/C=C(\C#N)C(N)=O)cc(Cl)c1OCCOc1ccc([C@H](C)CC)cc1. The molecule has 31 heavy (non-hydrogen) atoms. The zero-order valence-corrected chi connectivity index (χ0v) is 18.7. The topological polar surface area (TPSA) is 94.6 Å². The summed E-state index contributed by atoms with van der Waals surface area (Å²) in [7, 11) is 0. The summed E-state index contributed by atoms with van der Waals surface area (Å²) >= 11 is 6.36. The molecule has 2 rings (SSSR count). The average molecular weight is 443 g/mol. The minimum Gasteiger partial charge on any atom is -0.490 e. The number of nitriles is 1. The van der Waals surface area contributed by atoms with Gasteiger partial charge in [-0.15, -0.1) is 0 Å². The molecule has 0 unspecified atom stereocenters. The lowest BCUT2D eigenvalue weighted by atomic mass is 9.99. The largest absolute Gasteiger partial charge is 0.490 e. The molecule has 0 bridgehead atoms. The highest BCUT2D eigenvalue weighted by Crippen LogP contribution is 2.37. The van der Waals surface area contributed by atoms with E-state index in [-0.39, 0.29) is 17.2 Å². The van der Waals surface area contributed by atoms with Crippen molar-refractivity contribution in [1.82, 2.24) is 0 Å². The van der Waals surface area contributed by atoms with Crippen LogP contribution in [0.4, 0.5) is 0 Å². The van der Waals surface area contributed by atoms with Gasteiger partial charge in [0.05, 0.1) is 11.6 Å². The van der Waals surface area contributed by atoms with E-state index >= 15 is 0 Å². The van der Waals surface area contributed by atoms with Crippen molar-refractivity contribution < 1.29 is 19.0 Å². The first kappa shape index (κ1) is 24.1. The molecule has 1 amide bonds. The number of amides is 1. The van der Waals surface area contributed by atoms with E-state index in [0.29, 0.717) is 36.2 Å². The normalized spacial score (nSPS) is 12.0. The van der Waals surface area contributed by atoms with Gasteiger partial charge in [0.2, 0.25) is 0 Å². The summed E-state index contributed by atoms with van der Waals surface area (Å²) in [6.07, 6.45) is 2.44. The third kappa shape index (κ3) is 6.94. The van der Waals surface area contributed by atoms with Crippen LogP contribution in [0.5, 0.6) is 17.2 Å². The van der Waals surface area contributed by atoms with Crippen molar-refractivity contribution >= 4 is 23.6 Å². The Morgan fingerprint density at radius 3 is 2.42 bits per heavy atom. The molecule has 6 nitrogen and oxygen atoms in total. The van der Waals surface area contributed by atoms with Gasteiger partial charge in [-0.05, 0) is 60.7 Å². The number of hydrogen-bond acceptors (Lipinski definition) is 5. The predicted octanol–water partition coefficient (Wildman–Crippen LogP) is 5.10. The van der Waals surface area contributed by atoms with Crippen LogP contribution in [0, 0.1) is 11.3 Å². The maximum absolute atomic E-state index is 11.3. The fourth-order valence-corrected chi connectivity index (χ4v) is 3.10. The van der Waals surface area contributed by atoms with Crippen LogP contribution in [0.3, 0.4) is 0 Å². The molecule has 0 saturated carbocycles. The summed E-state index contributed by atoms with van der Waals surface area (Å²) in [6.45, 7) is 7.16. The van der Waals surface area contributed by atoms with E-state index in [9.17, 15) is 4.79 Å². The smallest absolute Gasteiger partial charge is 0.259 e. The molecule has 2 N–H and O–H groups in total. The van der Waals surface area contributed by atoms with E-state index in [4.69, 9.17) is 36.8 Å². The molecular weight excluding hydrogens is 416 g/mol. The van der Waals surface area contributed by atoms with Crippen LogP contribution in [-0.4, -0.2) is 25.7 Å². The molecule has 0 saturated heterocycles. The molecule has 2 aromatic rings. The van der Waals surface area contributed by atoms with Crippen molar-refractivity contribution in [2.75, 3.05) is 19.8 Å². The van der Waals surface area contributed by atoms with E-state index in [0.717, 1.165) is 12.2 Å². The van der Waals surface area contributed by atoms with Crippen LogP contribution in [0.15, 0.2) is 42.0 Å². The maximum atomic E-state index is 11.3. The Bertz CT molecular complexity index is 965. The number of hydrogen-bond donors (Lipinski definition) is 1. The number of rotatable bonds is 11. The second kappa shape index (κ2) is 11.9. The lowest BCUT2D eigenvalue weighted by Gasteiger charge is -2.15. The van der Waals surface area contributed by atoms with E-state index in [2.05, 4.69) is 26.0 Å². The quantitative estimate of drug-likeness (QED) is 0.296. The predicted molar refractivity (Wildman–Crippen MR) is 122 cm³/mol. The van der Waals surface area contributed by atoms with Gasteiger partial charge in [0.15, 0.2) is 11.5 Å². The molecule has 0 aromatic heterocycles. The minimum atomic E-state index is -0.814. The van der Waals surface area contributed by atoms with Crippen molar-refractivity contribution in [2.45, 2.75) is 33.1 Å². The van der Waals surface area contributed by atoms with E-state index in [1.54, 1.807) is 18.2 Å². The Morgan fingerprint density at radius 1 is 1.16 bits per heavy atom. The van der Waals surface area contributed by atoms with Gasteiger partial charge in [0, 0.05) is 0 Å². The van der Waals surface area contributed by atoms with Crippen LogP contribution >= 0.6 is 11.6 Å². The van der Waals surface area contributed by atoms with Gasteiger partial charge in [0.25, 0.3) is 5.91 Å². The summed E-state index contributed by atoms with van der Waals surface area (Å²) in [5.74, 6) is 1.24. The van der Waals surface area contributed by atoms with Crippen LogP contribution in [0.1, 0.15) is 44.2 Å². The highest BCUT2D eigenvalue weighted by molar-refractivity contribution is 6.32. The number of primary amides is 1. The van der Waals surface area contributed by atoms with Gasteiger partial charge in [-0.25, -0.2) is 0 Å². The molecule has 0 heterocycles. The van der Waals surface area contributed by atoms with E-state index in [1.165, 1.54) is 11.6 Å². The number of benzene rings is 2. The van der Waals surface area contributed by atoms with Gasteiger partial charge >= 0.3 is 0 Å². The standard InChI is InChI=1S/C24H27ClN2O4/c1-4-16(3)18-6-8-20(9-7-18)30-10-11-31-23-21(25)13-17(14-22(23)29-5-2)12-19(15-26)24(27)28/h6-9,12-14,16H,4-5,10-11H2,1-3H3,(H2,27,28)/b19-12+/t16-/m1/s1. The molecule has 0 aliphatic carbocycles. The van der Waals surface area contributed by atoms with Gasteiger partial charge in [0.1, 0.15) is 30.6 Å². The molecule has 2 aromatic carbocycles. The Morgan fingerprint density at radius 2 is 1.84 bits per heavy atom. The molecule has 0 aliphatic heterocycles. The fourth-order valence-electron chi connectivity index (χ4n) is 2.83. The molecule has 0 fully saturated rings. The lowest BCUT2D eigenvalue weighted by Crippen LogP contribution is -2.12. The number of carbonyl (C=O) groups is 1. The summed E-state index contributed by atoms with van der Waals surface area (Å²) in [6, 6.07) is 13.0. The number of ether oxygens (including phenoxy) is 3. The van der Waals surface area contributed by atoms with Crippen LogP contribution < -0.4 is 19.9 Å². The van der Waals surface area contributed by atoms with E-state index < -0.39 is 5.91 Å². The van der Waals surface area contributed by atoms with Crippen LogP contribution in [0.2, 0.25) is 5.02 Å². The number of nitrogens with two attached hydrogens (primary N) is 1. The first-order chi connectivity index (χ1) is 14.9. The average Bonchev–Trinajstić information content (AvgIpc) is 2.76. The summed E-state index contributed by atoms with van der Waals surface area (Å²) in [4.78, 5) is 11.3. The highest BCUT2D eigenvalue weighted by atomic mass is 35.5. The molecule has 1 atom stereocenters. The van der Waals surface area contributed by atoms with Crippen molar-refractivity contribution in [3.63, 3.8) is 0 Å². The second-order valence-corrected chi connectivity index (χ2v) is 7.28. The number of nitrogens with zero attached hydrogens (tertiary/aromatic N) is 1. The van der Waals surface area contributed by atoms with Crippen molar-refractivity contribution in [1.29, 1.82) is 5.26 Å². The molecular formula is C24H27ClN2O4. The van der Waals surface area contributed by atoms with Crippen molar-refractivity contribution in [3.05, 3.63) is 58.1 Å². The fraction of sp³-hybridized carbons (Fsp3) is 0.333. The Hall–Kier alpha value is -3.17. The first-order valence-electron chi connectivity index (χ1n) is 10.1. The summed E-state index contributed by atoms with van der Waals surface area (Å²) < 4.78 is 17.2. The number of carbonyl (C=O) groups excluding carboxylic acids is 1. The van der Waals surface area contributed by atoms with Crippen molar-refractivity contribution in [3.8, 4) is 23.3 Å². The summed E-state index contributed by atoms with van der Waals surface area (Å²) in [5.41, 5.74) is 6.80. The first-order valence-corrected chi connectivity index (χ1v) is 10.5. The molecule has 0 spiro atoms. The maximum Gasteiger partial charge on any atom is 0.259 e. The molecule has 7 heteroatoms. The number of halogens is 1. The highest BCUT2D eigenvalue weighted by Gasteiger charge is 2.14. The lowest BCUT2D eigenvalue weighted by molar-refractivity contribution is -0.114. The van der Waals surface area contributed by atoms with Gasteiger partial charge in [-0.1, -0.05) is 37.6 Å². The summed E-state index contributed by atoms with van der Waals surface area (Å²) in [5, 5.41) is 9.31. The van der Waals surface area contributed by atoms with E-state index in [1.807, 2.05) is 19.1 Å². The molecule has 164 valence electrons. The molecule has 0 radical (unpaired) electrons. The Labute approximate surface area is 188 Å². The van der Waals surface area contributed by atoms with Gasteiger partial charge in [-0.3, -0.25) is 4.79 Å².